The van der Waals surface area contributed by atoms with E-state index in [9.17, 15) is 4.79 Å². The van der Waals surface area contributed by atoms with Crippen molar-refractivity contribution in [1.29, 1.82) is 0 Å². The van der Waals surface area contributed by atoms with Crippen molar-refractivity contribution < 1.29 is 4.79 Å². The zero-order valence-electron chi connectivity index (χ0n) is 16.3. The predicted molar refractivity (Wildman–Crippen MR) is 121 cm³/mol. The number of anilines is 2. The molecule has 146 valence electrons. The number of hydrogen-bond acceptors (Lipinski definition) is 4. The van der Waals surface area contributed by atoms with E-state index in [0.29, 0.717) is 16.5 Å². The molecule has 6 heteroatoms. The maximum atomic E-state index is 12.8. The van der Waals surface area contributed by atoms with Crippen molar-refractivity contribution in [3.63, 3.8) is 0 Å². The number of amides is 1. The van der Waals surface area contributed by atoms with Crippen LogP contribution in [0.2, 0.25) is 0 Å². The lowest BCUT2D eigenvalue weighted by Gasteiger charge is -2.34. The number of pyridine rings is 1. The van der Waals surface area contributed by atoms with Gasteiger partial charge in [0.2, 0.25) is 0 Å². The highest BCUT2D eigenvalue weighted by Gasteiger charge is 2.30. The van der Waals surface area contributed by atoms with Gasteiger partial charge in [0.1, 0.15) is 9.71 Å². The third-order valence-electron chi connectivity index (χ3n) is 5.60. The van der Waals surface area contributed by atoms with Crippen LogP contribution in [-0.2, 0) is 12.8 Å². The Balaban J connectivity index is 1.67. The van der Waals surface area contributed by atoms with Crippen molar-refractivity contribution in [2.75, 3.05) is 11.1 Å². The molecule has 1 amide bonds. The number of nitrogens with zero attached hydrogens (tertiary/aromatic N) is 1. The van der Waals surface area contributed by atoms with Crippen LogP contribution >= 0.6 is 27.3 Å². The number of halogens is 1. The Kier molecular flexibility index (Phi) is 4.96. The monoisotopic (exact) mass is 457 g/mol. The van der Waals surface area contributed by atoms with Crippen molar-refractivity contribution in [1.82, 2.24) is 4.98 Å². The molecular formula is C22H24BrN3OS. The van der Waals surface area contributed by atoms with E-state index in [2.05, 4.69) is 48.1 Å². The second kappa shape index (κ2) is 7.16. The maximum absolute atomic E-state index is 12.8. The van der Waals surface area contributed by atoms with Gasteiger partial charge in [-0.2, -0.15) is 0 Å². The lowest BCUT2D eigenvalue weighted by molar-refractivity contribution is 0.103. The average molecular weight is 458 g/mol. The number of nitrogen functional groups attached to an aromatic ring is 1. The normalized spacial score (nSPS) is 16.8. The smallest absolute Gasteiger partial charge is 0.267 e. The molecule has 3 N–H and O–H groups in total. The Bertz CT molecular complexity index is 1070. The molecule has 4 rings (SSSR count). The minimum absolute atomic E-state index is 0.191. The summed E-state index contributed by atoms with van der Waals surface area (Å²) in [7, 11) is 0. The minimum Gasteiger partial charge on any atom is -0.397 e. The van der Waals surface area contributed by atoms with Crippen molar-refractivity contribution >= 4 is 54.8 Å². The van der Waals surface area contributed by atoms with Gasteiger partial charge in [-0.3, -0.25) is 4.79 Å². The largest absolute Gasteiger partial charge is 0.397 e. The summed E-state index contributed by atoms with van der Waals surface area (Å²) in [5.74, 6) is 0.447. The van der Waals surface area contributed by atoms with Gasteiger partial charge in [0.05, 0.1) is 5.69 Å². The van der Waals surface area contributed by atoms with Gasteiger partial charge in [-0.15, -0.1) is 11.3 Å². The van der Waals surface area contributed by atoms with Crippen molar-refractivity contribution in [3.8, 4) is 0 Å². The summed E-state index contributed by atoms with van der Waals surface area (Å²) in [4.78, 5) is 19.0. The van der Waals surface area contributed by atoms with Crippen LogP contribution < -0.4 is 11.1 Å². The van der Waals surface area contributed by atoms with E-state index in [-0.39, 0.29) is 11.3 Å². The molecule has 1 aliphatic rings. The van der Waals surface area contributed by atoms with Crippen molar-refractivity contribution in [2.45, 2.75) is 40.0 Å². The van der Waals surface area contributed by atoms with E-state index in [0.717, 1.165) is 45.3 Å². The van der Waals surface area contributed by atoms with Crippen LogP contribution in [0.1, 0.15) is 48.1 Å². The van der Waals surface area contributed by atoms with E-state index in [1.54, 1.807) is 0 Å². The number of thiophene rings is 1. The lowest BCUT2D eigenvalue weighted by atomic mass is 9.71. The van der Waals surface area contributed by atoms with Crippen molar-refractivity contribution in [2.24, 2.45) is 11.3 Å². The number of nitrogens with two attached hydrogens (primary N) is 1. The van der Waals surface area contributed by atoms with E-state index in [4.69, 9.17) is 10.7 Å². The Morgan fingerprint density at radius 1 is 1.32 bits per heavy atom. The molecule has 1 unspecified atom stereocenters. The first-order chi connectivity index (χ1) is 13.2. The Labute approximate surface area is 177 Å². The fourth-order valence-corrected chi connectivity index (χ4v) is 5.24. The average Bonchev–Trinajstić information content (AvgIpc) is 2.95. The lowest BCUT2D eigenvalue weighted by Crippen LogP contribution is -2.27. The fraction of sp³-hybridized carbons (Fsp3) is 0.364. The van der Waals surface area contributed by atoms with Crippen LogP contribution in [-0.4, -0.2) is 10.9 Å². The predicted octanol–water partition coefficient (Wildman–Crippen LogP) is 6.04. The number of aryl methyl sites for hydroxylation is 1. The number of nitrogens with one attached hydrogen (secondary N) is 1. The number of benzene rings is 1. The van der Waals surface area contributed by atoms with Crippen LogP contribution in [0.3, 0.4) is 0 Å². The molecule has 0 bridgehead atoms. The molecule has 0 radical (unpaired) electrons. The summed E-state index contributed by atoms with van der Waals surface area (Å²) in [5.41, 5.74) is 10.4. The maximum Gasteiger partial charge on any atom is 0.267 e. The Morgan fingerprint density at radius 2 is 2.11 bits per heavy atom. The number of rotatable bonds is 2. The molecular weight excluding hydrogens is 434 g/mol. The van der Waals surface area contributed by atoms with Gasteiger partial charge in [-0.1, -0.05) is 42.8 Å². The number of aromatic nitrogens is 1. The molecule has 0 aliphatic heterocycles. The topological polar surface area (TPSA) is 68.0 Å². The first-order valence-electron chi connectivity index (χ1n) is 9.50. The van der Waals surface area contributed by atoms with Gasteiger partial charge in [0.15, 0.2) is 0 Å². The number of fused-ring (bicyclic) bond motifs is 2. The number of carbonyl (C=O) groups is 1. The molecule has 0 saturated carbocycles. The molecule has 1 aliphatic carbocycles. The summed E-state index contributed by atoms with van der Waals surface area (Å²) in [6, 6.07) is 9.69. The summed E-state index contributed by atoms with van der Waals surface area (Å²) < 4.78 is 0.914. The van der Waals surface area contributed by atoms with Crippen LogP contribution in [0, 0.1) is 11.3 Å². The van der Waals surface area contributed by atoms with Gasteiger partial charge >= 0.3 is 0 Å². The van der Waals surface area contributed by atoms with Crippen molar-refractivity contribution in [3.05, 3.63) is 50.9 Å². The van der Waals surface area contributed by atoms with Crippen LogP contribution in [0.4, 0.5) is 11.4 Å². The van der Waals surface area contributed by atoms with E-state index in [1.165, 1.54) is 16.9 Å². The summed E-state index contributed by atoms with van der Waals surface area (Å²) in [6.45, 7) is 6.91. The van der Waals surface area contributed by atoms with Gasteiger partial charge in [-0.05, 0) is 60.4 Å². The second-order valence-electron chi connectivity index (χ2n) is 8.56. The molecule has 0 spiro atoms. The molecule has 0 saturated heterocycles. The molecule has 2 aromatic heterocycles. The van der Waals surface area contributed by atoms with Gasteiger partial charge in [-0.25, -0.2) is 4.98 Å². The molecule has 1 aromatic carbocycles. The van der Waals surface area contributed by atoms with Gasteiger partial charge < -0.3 is 11.1 Å². The third-order valence-corrected chi connectivity index (χ3v) is 7.21. The zero-order valence-corrected chi connectivity index (χ0v) is 18.7. The Hall–Kier alpha value is -1.92. The highest BCUT2D eigenvalue weighted by Crippen LogP contribution is 2.40. The van der Waals surface area contributed by atoms with E-state index < -0.39 is 0 Å². The molecule has 2 heterocycles. The summed E-state index contributed by atoms with van der Waals surface area (Å²) in [5, 5.41) is 3.83. The molecule has 3 aromatic rings. The molecule has 1 atom stereocenters. The molecule has 0 fully saturated rings. The first-order valence-corrected chi connectivity index (χ1v) is 11.1. The summed E-state index contributed by atoms with van der Waals surface area (Å²) in [6.07, 6.45) is 3.17. The van der Waals surface area contributed by atoms with E-state index in [1.807, 2.05) is 24.3 Å². The zero-order chi connectivity index (χ0) is 20.1. The Morgan fingerprint density at radius 3 is 2.82 bits per heavy atom. The third kappa shape index (κ3) is 3.67. The number of hydrogen-bond donors (Lipinski definition) is 2. The molecule has 28 heavy (non-hydrogen) atoms. The second-order valence-corrected chi connectivity index (χ2v) is 10.5. The quantitative estimate of drug-likeness (QED) is 0.492. The van der Waals surface area contributed by atoms with Crippen LogP contribution in [0.5, 0.6) is 0 Å². The fourth-order valence-electron chi connectivity index (χ4n) is 3.85. The number of carbonyl (C=O) groups excluding carboxylic acids is 1. The summed E-state index contributed by atoms with van der Waals surface area (Å²) >= 11 is 4.80. The minimum atomic E-state index is -0.191. The van der Waals surface area contributed by atoms with Crippen LogP contribution in [0.25, 0.3) is 10.2 Å². The SMILES string of the molecule is CC(C)(C)C1CCc2nc3sc(C(=O)Nc4cccc(Br)c4)c(N)c3cc2C1. The van der Waals surface area contributed by atoms with E-state index >= 15 is 0 Å². The van der Waals surface area contributed by atoms with Crippen LogP contribution in [0.15, 0.2) is 34.8 Å². The van der Waals surface area contributed by atoms with Gasteiger partial charge in [0, 0.05) is 21.2 Å². The molecule has 4 nitrogen and oxygen atoms in total. The first kappa shape index (κ1) is 19.4. The standard InChI is InChI=1S/C22H24BrN3OS/c1-22(2,3)13-7-8-17-12(9-13)10-16-18(24)19(28-21(16)26-17)20(27)25-15-6-4-5-14(23)11-15/h4-6,10-11,13H,7-9,24H2,1-3H3,(H,25,27). The highest BCUT2D eigenvalue weighted by atomic mass is 79.9. The van der Waals surface area contributed by atoms with Gasteiger partial charge in [0.25, 0.3) is 5.91 Å². The highest BCUT2D eigenvalue weighted by molar-refractivity contribution is 9.10.